The average molecular weight is 430 g/mol. The van der Waals surface area contributed by atoms with Crippen LogP contribution in [-0.2, 0) is 11.3 Å². The summed E-state index contributed by atoms with van der Waals surface area (Å²) in [6.07, 6.45) is 1.41. The number of aryl methyl sites for hydroxylation is 2. The summed E-state index contributed by atoms with van der Waals surface area (Å²) in [7, 11) is 0. The molecule has 0 radical (unpaired) electrons. The molecule has 1 heterocycles. The van der Waals surface area contributed by atoms with E-state index < -0.39 is 0 Å². The molecule has 1 N–H and O–H groups in total. The molecule has 0 aliphatic rings. The van der Waals surface area contributed by atoms with Crippen molar-refractivity contribution in [3.8, 4) is 17.0 Å². The number of ether oxygens (including phenoxy) is 1. The van der Waals surface area contributed by atoms with Gasteiger partial charge in [0.05, 0.1) is 12.0 Å². The standard InChI is InChI=1S/C22H21ClFN3O3/c1-14-9-18(10-15(2)22(14)23)30-12-20(28)25-7-8-27-13-26-19(11-21(27)29)16-3-5-17(24)6-4-16/h3-6,9-11,13H,7-8,12H2,1-2H3,(H,25,28). The molecule has 30 heavy (non-hydrogen) atoms. The fraction of sp³-hybridized carbons (Fsp3) is 0.227. The molecule has 0 bridgehead atoms. The number of hydrogen-bond acceptors (Lipinski definition) is 4. The second-order valence-corrected chi connectivity index (χ2v) is 7.20. The van der Waals surface area contributed by atoms with Gasteiger partial charge in [0.15, 0.2) is 6.61 Å². The fourth-order valence-electron chi connectivity index (χ4n) is 2.88. The van der Waals surface area contributed by atoms with Crippen LogP contribution in [0.3, 0.4) is 0 Å². The zero-order valence-electron chi connectivity index (χ0n) is 16.6. The van der Waals surface area contributed by atoms with Crippen LogP contribution in [0.25, 0.3) is 11.3 Å². The van der Waals surface area contributed by atoms with Gasteiger partial charge in [-0.25, -0.2) is 9.37 Å². The van der Waals surface area contributed by atoms with Gasteiger partial charge < -0.3 is 10.1 Å². The maximum absolute atomic E-state index is 13.0. The van der Waals surface area contributed by atoms with Crippen molar-refractivity contribution in [3.63, 3.8) is 0 Å². The Bertz CT molecular complexity index is 1090. The third-order valence-electron chi connectivity index (χ3n) is 4.47. The summed E-state index contributed by atoms with van der Waals surface area (Å²) in [6.45, 7) is 4.11. The molecular formula is C22H21ClFN3O3. The Morgan fingerprint density at radius 2 is 1.83 bits per heavy atom. The lowest BCUT2D eigenvalue weighted by Crippen LogP contribution is -2.33. The normalized spacial score (nSPS) is 10.7. The van der Waals surface area contributed by atoms with E-state index in [1.165, 1.54) is 29.1 Å². The molecule has 0 aliphatic carbocycles. The molecule has 0 unspecified atom stereocenters. The van der Waals surface area contributed by atoms with Crippen molar-refractivity contribution in [2.75, 3.05) is 13.2 Å². The van der Waals surface area contributed by atoms with Gasteiger partial charge in [-0.2, -0.15) is 0 Å². The highest BCUT2D eigenvalue weighted by atomic mass is 35.5. The summed E-state index contributed by atoms with van der Waals surface area (Å²) in [4.78, 5) is 28.5. The molecule has 1 aromatic heterocycles. The highest BCUT2D eigenvalue weighted by Gasteiger charge is 2.07. The van der Waals surface area contributed by atoms with Gasteiger partial charge in [0.2, 0.25) is 0 Å². The van der Waals surface area contributed by atoms with Crippen LogP contribution in [0.5, 0.6) is 5.75 Å². The molecule has 0 saturated heterocycles. The molecule has 6 nitrogen and oxygen atoms in total. The van der Waals surface area contributed by atoms with Crippen LogP contribution in [-0.4, -0.2) is 28.6 Å². The Labute approximate surface area is 178 Å². The van der Waals surface area contributed by atoms with E-state index in [2.05, 4.69) is 10.3 Å². The molecule has 8 heteroatoms. The number of amides is 1. The van der Waals surface area contributed by atoms with Gasteiger partial charge in [-0.05, 0) is 61.4 Å². The summed E-state index contributed by atoms with van der Waals surface area (Å²) in [5.74, 6) is -0.0845. The molecule has 3 aromatic rings. The zero-order valence-corrected chi connectivity index (χ0v) is 17.4. The number of rotatable bonds is 7. The van der Waals surface area contributed by atoms with Gasteiger partial charge in [-0.1, -0.05) is 11.6 Å². The van der Waals surface area contributed by atoms with Crippen molar-refractivity contribution < 1.29 is 13.9 Å². The number of carbonyl (C=O) groups is 1. The Morgan fingerprint density at radius 3 is 2.47 bits per heavy atom. The SMILES string of the molecule is Cc1cc(OCC(=O)NCCn2cnc(-c3ccc(F)cc3)cc2=O)cc(C)c1Cl. The van der Waals surface area contributed by atoms with Crippen LogP contribution in [0.2, 0.25) is 5.02 Å². The summed E-state index contributed by atoms with van der Waals surface area (Å²) in [6, 6.07) is 10.7. The maximum Gasteiger partial charge on any atom is 0.258 e. The number of aromatic nitrogens is 2. The van der Waals surface area contributed by atoms with Crippen molar-refractivity contribution in [1.29, 1.82) is 0 Å². The third-order valence-corrected chi connectivity index (χ3v) is 5.07. The minimum atomic E-state index is -0.354. The molecule has 156 valence electrons. The van der Waals surface area contributed by atoms with E-state index in [4.69, 9.17) is 16.3 Å². The topological polar surface area (TPSA) is 73.2 Å². The molecule has 0 fully saturated rings. The minimum Gasteiger partial charge on any atom is -0.484 e. The third kappa shape index (κ3) is 5.45. The highest BCUT2D eigenvalue weighted by Crippen LogP contribution is 2.25. The quantitative estimate of drug-likeness (QED) is 0.623. The first-order valence-corrected chi connectivity index (χ1v) is 9.70. The first kappa shape index (κ1) is 21.5. The van der Waals surface area contributed by atoms with Crippen LogP contribution >= 0.6 is 11.6 Å². The summed E-state index contributed by atoms with van der Waals surface area (Å²) in [5.41, 5.74) is 2.61. The van der Waals surface area contributed by atoms with Crippen LogP contribution in [0.15, 0.2) is 53.6 Å². The lowest BCUT2D eigenvalue weighted by molar-refractivity contribution is -0.123. The molecule has 0 saturated carbocycles. The van der Waals surface area contributed by atoms with Crippen LogP contribution < -0.4 is 15.6 Å². The van der Waals surface area contributed by atoms with Crippen molar-refractivity contribution in [2.45, 2.75) is 20.4 Å². The predicted octanol–water partition coefficient (Wildman–Crippen LogP) is 3.51. The molecular weight excluding hydrogens is 409 g/mol. The molecule has 1 amide bonds. The zero-order chi connectivity index (χ0) is 21.7. The van der Waals surface area contributed by atoms with Crippen LogP contribution in [0.4, 0.5) is 4.39 Å². The van der Waals surface area contributed by atoms with Crippen LogP contribution in [0, 0.1) is 19.7 Å². The molecule has 0 spiro atoms. The smallest absolute Gasteiger partial charge is 0.258 e. The monoisotopic (exact) mass is 429 g/mol. The molecule has 0 atom stereocenters. The lowest BCUT2D eigenvalue weighted by atomic mass is 10.1. The predicted molar refractivity (Wildman–Crippen MR) is 113 cm³/mol. The second-order valence-electron chi connectivity index (χ2n) is 6.82. The van der Waals surface area contributed by atoms with E-state index in [9.17, 15) is 14.0 Å². The number of nitrogens with zero attached hydrogens (tertiary/aromatic N) is 2. The van der Waals surface area contributed by atoms with Gasteiger partial charge in [-0.3, -0.25) is 14.2 Å². The lowest BCUT2D eigenvalue weighted by Gasteiger charge is -2.11. The van der Waals surface area contributed by atoms with Gasteiger partial charge in [0.1, 0.15) is 11.6 Å². The Balaban J connectivity index is 1.50. The first-order chi connectivity index (χ1) is 14.3. The number of nitrogens with one attached hydrogen (secondary N) is 1. The van der Waals surface area contributed by atoms with Gasteiger partial charge >= 0.3 is 0 Å². The van der Waals surface area contributed by atoms with E-state index in [1.54, 1.807) is 24.3 Å². The van der Waals surface area contributed by atoms with E-state index in [1.807, 2.05) is 13.8 Å². The van der Waals surface area contributed by atoms with Crippen molar-refractivity contribution in [2.24, 2.45) is 0 Å². The molecule has 2 aromatic carbocycles. The Kier molecular flexibility index (Phi) is 6.84. The second kappa shape index (κ2) is 9.54. The summed E-state index contributed by atoms with van der Waals surface area (Å²) >= 11 is 6.12. The van der Waals surface area contributed by atoms with Crippen LogP contribution in [0.1, 0.15) is 11.1 Å². The average Bonchev–Trinajstić information content (AvgIpc) is 2.72. The Morgan fingerprint density at radius 1 is 1.17 bits per heavy atom. The van der Waals surface area contributed by atoms with E-state index in [-0.39, 0.29) is 37.0 Å². The van der Waals surface area contributed by atoms with Crippen molar-refractivity contribution >= 4 is 17.5 Å². The number of carbonyl (C=O) groups excluding carboxylic acids is 1. The number of hydrogen-bond donors (Lipinski definition) is 1. The largest absolute Gasteiger partial charge is 0.484 e. The highest BCUT2D eigenvalue weighted by molar-refractivity contribution is 6.32. The van der Waals surface area contributed by atoms with Crippen molar-refractivity contribution in [1.82, 2.24) is 14.9 Å². The van der Waals surface area contributed by atoms with E-state index >= 15 is 0 Å². The summed E-state index contributed by atoms with van der Waals surface area (Å²) in [5, 5.41) is 3.38. The first-order valence-electron chi connectivity index (χ1n) is 9.32. The van der Waals surface area contributed by atoms with Gasteiger partial charge in [0, 0.05) is 29.7 Å². The van der Waals surface area contributed by atoms with E-state index in [0.29, 0.717) is 22.0 Å². The van der Waals surface area contributed by atoms with Crippen molar-refractivity contribution in [3.05, 3.63) is 81.1 Å². The van der Waals surface area contributed by atoms with Gasteiger partial charge in [0.25, 0.3) is 11.5 Å². The number of halogens is 2. The summed E-state index contributed by atoms with van der Waals surface area (Å²) < 4.78 is 19.9. The van der Waals surface area contributed by atoms with E-state index in [0.717, 1.165) is 11.1 Å². The minimum absolute atomic E-state index is 0.142. The maximum atomic E-state index is 13.0. The van der Waals surface area contributed by atoms with Gasteiger partial charge in [-0.15, -0.1) is 0 Å². The number of benzene rings is 2. The molecule has 3 rings (SSSR count). The molecule has 0 aliphatic heterocycles. The Hall–Kier alpha value is -3.19. The fourth-order valence-corrected chi connectivity index (χ4v) is 2.99.